The van der Waals surface area contributed by atoms with Gasteiger partial charge in [-0.3, -0.25) is 0 Å². The molecule has 1 saturated heterocycles. The van der Waals surface area contributed by atoms with Crippen LogP contribution < -0.4 is 18.9 Å². The number of methoxy groups -OCH3 is 4. The Morgan fingerprint density at radius 3 is 1.84 bits per heavy atom. The molecule has 1 atom stereocenters. The van der Waals surface area contributed by atoms with Crippen LogP contribution in [0.2, 0.25) is 0 Å². The summed E-state index contributed by atoms with van der Waals surface area (Å²) in [5.41, 5.74) is 0. The fourth-order valence-corrected chi connectivity index (χ4v) is 8.02. The van der Waals surface area contributed by atoms with Crippen molar-refractivity contribution in [2.75, 3.05) is 48.1 Å². The van der Waals surface area contributed by atoms with Gasteiger partial charge in [-0.2, -0.15) is 8.61 Å². The summed E-state index contributed by atoms with van der Waals surface area (Å²) in [6.45, 7) is 0.630. The first-order chi connectivity index (χ1) is 17.6. The lowest BCUT2D eigenvalue weighted by molar-refractivity contribution is 0.215. The molecule has 0 spiro atoms. The second-order valence-corrected chi connectivity index (χ2v) is 13.0. The van der Waals surface area contributed by atoms with Gasteiger partial charge >= 0.3 is 0 Å². The Balaban J connectivity index is 1.62. The molecule has 0 radical (unpaired) electrons. The molecule has 2 aromatic rings. The van der Waals surface area contributed by atoms with E-state index in [0.29, 0.717) is 36.0 Å². The van der Waals surface area contributed by atoms with Crippen molar-refractivity contribution in [2.24, 2.45) is 5.92 Å². The van der Waals surface area contributed by atoms with Crippen LogP contribution in [0, 0.1) is 5.92 Å². The Labute approximate surface area is 219 Å². The first-order valence-electron chi connectivity index (χ1n) is 12.1. The third kappa shape index (κ3) is 5.38. The molecule has 0 amide bonds. The Bertz CT molecular complexity index is 1330. The van der Waals surface area contributed by atoms with Gasteiger partial charge in [0.1, 0.15) is 0 Å². The standard InChI is InChI=1S/C25H34N2O8S2/c1-32-22-10-8-20(14-24(22)34-3)36(28,29)26-13-12-19(17-26)27(16-18-6-5-7-18)37(30,31)21-9-11-23(33-2)25(15-21)35-4/h8-11,14-15,18-19H,5-7,12-13,16-17H2,1-4H3. The fourth-order valence-electron chi connectivity index (χ4n) is 4.78. The molecule has 204 valence electrons. The van der Waals surface area contributed by atoms with Crippen LogP contribution in [0.3, 0.4) is 0 Å². The molecule has 2 aliphatic rings. The molecule has 12 heteroatoms. The summed E-state index contributed by atoms with van der Waals surface area (Å²) in [4.78, 5) is 0.157. The van der Waals surface area contributed by atoms with E-state index in [0.717, 1.165) is 19.3 Å². The summed E-state index contributed by atoms with van der Waals surface area (Å²) in [5.74, 6) is 1.73. The predicted octanol–water partition coefficient (Wildman–Crippen LogP) is 2.98. The lowest BCUT2D eigenvalue weighted by Gasteiger charge is -2.35. The maximum atomic E-state index is 13.9. The molecule has 0 bridgehead atoms. The molecule has 1 aliphatic heterocycles. The highest BCUT2D eigenvalue weighted by molar-refractivity contribution is 7.89. The minimum absolute atomic E-state index is 0.0654. The SMILES string of the molecule is COc1ccc(S(=O)(=O)N2CCC(N(CC3CCC3)S(=O)(=O)c3ccc(OC)c(OC)c3)C2)cc1OC. The predicted molar refractivity (Wildman–Crippen MR) is 137 cm³/mol. The van der Waals surface area contributed by atoms with Crippen molar-refractivity contribution in [2.45, 2.75) is 41.5 Å². The molecule has 1 saturated carbocycles. The number of benzene rings is 2. The van der Waals surface area contributed by atoms with Crippen LogP contribution in [0.25, 0.3) is 0 Å². The summed E-state index contributed by atoms with van der Waals surface area (Å²) in [6.07, 6.45) is 3.38. The smallest absolute Gasteiger partial charge is 0.243 e. The van der Waals surface area contributed by atoms with Gasteiger partial charge in [0.2, 0.25) is 20.0 Å². The van der Waals surface area contributed by atoms with E-state index in [1.165, 1.54) is 61.3 Å². The minimum atomic E-state index is -3.93. The normalized spacial score (nSPS) is 19.0. The van der Waals surface area contributed by atoms with E-state index in [4.69, 9.17) is 18.9 Å². The van der Waals surface area contributed by atoms with Crippen molar-refractivity contribution >= 4 is 20.0 Å². The number of sulfonamides is 2. The van der Waals surface area contributed by atoms with Crippen molar-refractivity contribution in [3.05, 3.63) is 36.4 Å². The average Bonchev–Trinajstić information content (AvgIpc) is 3.37. The molecule has 2 fully saturated rings. The van der Waals surface area contributed by atoms with Crippen LogP contribution >= 0.6 is 0 Å². The highest BCUT2D eigenvalue weighted by atomic mass is 32.2. The Kier molecular flexibility index (Phi) is 8.22. The van der Waals surface area contributed by atoms with Gasteiger partial charge in [-0.15, -0.1) is 0 Å². The van der Waals surface area contributed by atoms with Gasteiger partial charge in [0.25, 0.3) is 0 Å². The number of hydrogen-bond acceptors (Lipinski definition) is 8. The molecule has 1 heterocycles. The maximum absolute atomic E-state index is 13.9. The Hall–Kier alpha value is -2.54. The molecule has 2 aromatic carbocycles. The molecule has 1 aliphatic carbocycles. The highest BCUT2D eigenvalue weighted by Gasteiger charge is 2.41. The molecule has 37 heavy (non-hydrogen) atoms. The van der Waals surface area contributed by atoms with E-state index < -0.39 is 26.1 Å². The summed E-state index contributed by atoms with van der Waals surface area (Å²) >= 11 is 0. The first kappa shape index (κ1) is 27.5. The quantitative estimate of drug-likeness (QED) is 0.417. The van der Waals surface area contributed by atoms with Gasteiger partial charge in [-0.25, -0.2) is 16.8 Å². The van der Waals surface area contributed by atoms with Gasteiger partial charge in [0, 0.05) is 37.8 Å². The van der Waals surface area contributed by atoms with E-state index >= 15 is 0 Å². The first-order valence-corrected chi connectivity index (χ1v) is 15.0. The highest BCUT2D eigenvalue weighted by Crippen LogP contribution is 2.37. The topological polar surface area (TPSA) is 112 Å². The second-order valence-electron chi connectivity index (χ2n) is 9.21. The van der Waals surface area contributed by atoms with Gasteiger partial charge in [0.15, 0.2) is 23.0 Å². The van der Waals surface area contributed by atoms with Crippen LogP contribution in [0.4, 0.5) is 0 Å². The number of ether oxygens (including phenoxy) is 4. The summed E-state index contributed by atoms with van der Waals surface area (Å²) in [6, 6.07) is 8.46. The van der Waals surface area contributed by atoms with Crippen molar-refractivity contribution in [1.29, 1.82) is 0 Å². The fraction of sp³-hybridized carbons (Fsp3) is 0.520. The maximum Gasteiger partial charge on any atom is 0.243 e. The van der Waals surface area contributed by atoms with E-state index in [1.54, 1.807) is 12.1 Å². The number of nitrogens with zero attached hydrogens (tertiary/aromatic N) is 2. The summed E-state index contributed by atoms with van der Waals surface area (Å²) in [7, 11) is -1.94. The third-order valence-corrected chi connectivity index (χ3v) is 10.9. The zero-order valence-corrected chi connectivity index (χ0v) is 23.2. The largest absolute Gasteiger partial charge is 0.493 e. The Morgan fingerprint density at radius 1 is 0.784 bits per heavy atom. The van der Waals surface area contributed by atoms with E-state index in [-0.39, 0.29) is 28.8 Å². The molecule has 0 aromatic heterocycles. The van der Waals surface area contributed by atoms with Crippen molar-refractivity contribution in [3.63, 3.8) is 0 Å². The Morgan fingerprint density at radius 2 is 1.32 bits per heavy atom. The third-order valence-electron chi connectivity index (χ3n) is 7.15. The van der Waals surface area contributed by atoms with Crippen LogP contribution in [0.5, 0.6) is 23.0 Å². The van der Waals surface area contributed by atoms with Gasteiger partial charge in [-0.1, -0.05) is 6.42 Å². The zero-order valence-electron chi connectivity index (χ0n) is 21.5. The van der Waals surface area contributed by atoms with Gasteiger partial charge < -0.3 is 18.9 Å². The molecule has 1 unspecified atom stereocenters. The van der Waals surface area contributed by atoms with Crippen LogP contribution in [0.15, 0.2) is 46.2 Å². The van der Waals surface area contributed by atoms with Crippen LogP contribution in [-0.4, -0.2) is 79.6 Å². The number of rotatable bonds is 11. The van der Waals surface area contributed by atoms with Crippen LogP contribution in [-0.2, 0) is 20.0 Å². The minimum Gasteiger partial charge on any atom is -0.493 e. The van der Waals surface area contributed by atoms with Crippen molar-refractivity contribution < 1.29 is 35.8 Å². The van der Waals surface area contributed by atoms with E-state index in [2.05, 4.69) is 0 Å². The van der Waals surface area contributed by atoms with Gasteiger partial charge in [-0.05, 0) is 49.4 Å². The van der Waals surface area contributed by atoms with E-state index in [9.17, 15) is 16.8 Å². The molecule has 0 N–H and O–H groups in total. The molecule has 4 rings (SSSR count). The van der Waals surface area contributed by atoms with Crippen molar-refractivity contribution in [1.82, 2.24) is 8.61 Å². The monoisotopic (exact) mass is 554 g/mol. The lowest BCUT2D eigenvalue weighted by Crippen LogP contribution is -2.46. The van der Waals surface area contributed by atoms with Crippen LogP contribution in [0.1, 0.15) is 25.7 Å². The van der Waals surface area contributed by atoms with Crippen molar-refractivity contribution in [3.8, 4) is 23.0 Å². The number of hydrogen-bond donors (Lipinski definition) is 0. The molecular formula is C25H34N2O8S2. The average molecular weight is 555 g/mol. The summed E-state index contributed by atoms with van der Waals surface area (Å²) in [5, 5.41) is 0. The molecular weight excluding hydrogens is 520 g/mol. The molecule has 10 nitrogen and oxygen atoms in total. The summed E-state index contributed by atoms with van der Waals surface area (Å²) < 4.78 is 78.6. The second kappa shape index (κ2) is 11.1. The van der Waals surface area contributed by atoms with Gasteiger partial charge in [0.05, 0.1) is 38.2 Å². The lowest BCUT2D eigenvalue weighted by atomic mass is 9.85. The zero-order chi connectivity index (χ0) is 26.8. The van der Waals surface area contributed by atoms with E-state index in [1.807, 2.05) is 0 Å².